The minimum absolute atomic E-state index is 0.360. The number of aliphatic hydroxyl groups excluding tert-OH is 1. The van der Waals surface area contributed by atoms with E-state index in [1.54, 1.807) is 0 Å². The van der Waals surface area contributed by atoms with E-state index in [0.717, 1.165) is 6.54 Å². The van der Waals surface area contributed by atoms with Crippen molar-refractivity contribution in [1.82, 2.24) is 5.32 Å². The quantitative estimate of drug-likeness (QED) is 0.733. The van der Waals surface area contributed by atoms with Gasteiger partial charge in [-0.25, -0.2) is 0 Å². The molecule has 2 aliphatic rings. The van der Waals surface area contributed by atoms with Gasteiger partial charge >= 0.3 is 0 Å². The molecule has 3 unspecified atom stereocenters. The molecule has 2 N–H and O–H groups in total. The van der Waals surface area contributed by atoms with E-state index >= 15 is 0 Å². The third kappa shape index (κ3) is 4.52. The molecule has 3 heteroatoms. The Morgan fingerprint density at radius 2 is 2.06 bits per heavy atom. The average Bonchev–Trinajstić information content (AvgIpc) is 3.06. The second kappa shape index (κ2) is 6.36. The van der Waals surface area contributed by atoms with E-state index < -0.39 is 0 Å². The first-order chi connectivity index (χ1) is 8.59. The Labute approximate surface area is 111 Å². The van der Waals surface area contributed by atoms with E-state index in [-0.39, 0.29) is 6.10 Å². The molecule has 0 radical (unpaired) electrons. The van der Waals surface area contributed by atoms with Gasteiger partial charge in [0.25, 0.3) is 0 Å². The maximum Gasteiger partial charge on any atom is 0.0897 e. The predicted molar refractivity (Wildman–Crippen MR) is 73.6 cm³/mol. The summed E-state index contributed by atoms with van der Waals surface area (Å²) in [7, 11) is 0. The molecule has 3 nitrogen and oxygen atoms in total. The smallest absolute Gasteiger partial charge is 0.0897 e. The van der Waals surface area contributed by atoms with Crippen LogP contribution in [-0.4, -0.2) is 37.0 Å². The number of rotatable bonds is 7. The van der Waals surface area contributed by atoms with Crippen LogP contribution in [0.25, 0.3) is 0 Å². The predicted octanol–water partition coefficient (Wildman–Crippen LogP) is 2.33. The molecule has 18 heavy (non-hydrogen) atoms. The van der Waals surface area contributed by atoms with Gasteiger partial charge in [0, 0.05) is 13.1 Å². The van der Waals surface area contributed by atoms with Crippen LogP contribution < -0.4 is 5.32 Å². The number of hydrogen-bond acceptors (Lipinski definition) is 3. The van der Waals surface area contributed by atoms with Crippen molar-refractivity contribution >= 4 is 0 Å². The van der Waals surface area contributed by atoms with Crippen molar-refractivity contribution in [2.24, 2.45) is 11.3 Å². The lowest BCUT2D eigenvalue weighted by molar-refractivity contribution is -0.0452. The minimum Gasteiger partial charge on any atom is -0.389 e. The van der Waals surface area contributed by atoms with Crippen LogP contribution in [0, 0.1) is 11.3 Å². The van der Waals surface area contributed by atoms with Crippen LogP contribution in [0.1, 0.15) is 52.4 Å². The summed E-state index contributed by atoms with van der Waals surface area (Å²) >= 11 is 0. The largest absolute Gasteiger partial charge is 0.389 e. The highest BCUT2D eigenvalue weighted by atomic mass is 16.5. The van der Waals surface area contributed by atoms with E-state index in [1.165, 1.54) is 38.5 Å². The number of ether oxygens (including phenoxy) is 1. The van der Waals surface area contributed by atoms with Crippen LogP contribution >= 0.6 is 0 Å². The standard InChI is InChI=1S/C15H29NO2/c1-12-5-3-4-6-14(12)18-10-13(17)9-16-11-15(2)7-8-15/h12-14,16-17H,3-11H2,1-2H3. The van der Waals surface area contributed by atoms with Gasteiger partial charge in [-0.2, -0.15) is 0 Å². The number of hydrogen-bond donors (Lipinski definition) is 2. The van der Waals surface area contributed by atoms with Crippen LogP contribution in [0.3, 0.4) is 0 Å². The van der Waals surface area contributed by atoms with E-state index in [0.29, 0.717) is 30.6 Å². The molecule has 0 aromatic heterocycles. The Morgan fingerprint density at radius 3 is 2.72 bits per heavy atom. The van der Waals surface area contributed by atoms with Crippen LogP contribution in [0.5, 0.6) is 0 Å². The van der Waals surface area contributed by atoms with Crippen LogP contribution in [0.2, 0.25) is 0 Å². The van der Waals surface area contributed by atoms with Crippen molar-refractivity contribution in [3.63, 3.8) is 0 Å². The van der Waals surface area contributed by atoms with Crippen LogP contribution in [0.4, 0.5) is 0 Å². The summed E-state index contributed by atoms with van der Waals surface area (Å²) in [4.78, 5) is 0. The summed E-state index contributed by atoms with van der Waals surface area (Å²) in [5, 5.41) is 13.3. The van der Waals surface area contributed by atoms with Gasteiger partial charge in [0.2, 0.25) is 0 Å². The molecular formula is C15H29NO2. The lowest BCUT2D eigenvalue weighted by Crippen LogP contribution is -2.36. The maximum atomic E-state index is 9.90. The van der Waals surface area contributed by atoms with Crippen molar-refractivity contribution in [3.8, 4) is 0 Å². The van der Waals surface area contributed by atoms with Gasteiger partial charge in [0.05, 0.1) is 18.8 Å². The van der Waals surface area contributed by atoms with Crippen molar-refractivity contribution in [1.29, 1.82) is 0 Å². The molecule has 3 atom stereocenters. The molecule has 0 aromatic rings. The van der Waals surface area contributed by atoms with Crippen LogP contribution in [0.15, 0.2) is 0 Å². The summed E-state index contributed by atoms with van der Waals surface area (Å²) in [5.41, 5.74) is 0.512. The zero-order valence-electron chi connectivity index (χ0n) is 12.0. The second-order valence-electron chi connectivity index (χ2n) is 6.73. The summed E-state index contributed by atoms with van der Waals surface area (Å²) in [6.45, 7) is 6.74. The average molecular weight is 255 g/mol. The normalized spacial score (nSPS) is 32.2. The molecule has 0 saturated heterocycles. The molecule has 2 rings (SSSR count). The first kappa shape index (κ1) is 14.3. The van der Waals surface area contributed by atoms with Crippen molar-refractivity contribution in [2.45, 2.75) is 64.6 Å². The highest BCUT2D eigenvalue weighted by molar-refractivity contribution is 4.90. The number of nitrogens with one attached hydrogen (secondary N) is 1. The van der Waals surface area contributed by atoms with E-state index in [2.05, 4.69) is 19.2 Å². The van der Waals surface area contributed by atoms with Crippen molar-refractivity contribution < 1.29 is 9.84 Å². The molecule has 0 heterocycles. The van der Waals surface area contributed by atoms with Gasteiger partial charge in [-0.3, -0.25) is 0 Å². The highest BCUT2D eigenvalue weighted by Crippen LogP contribution is 2.43. The molecular weight excluding hydrogens is 226 g/mol. The molecule has 2 fully saturated rings. The van der Waals surface area contributed by atoms with Gasteiger partial charge < -0.3 is 15.2 Å². The summed E-state index contributed by atoms with van der Waals surface area (Å²) in [5.74, 6) is 0.657. The van der Waals surface area contributed by atoms with Gasteiger partial charge in [-0.1, -0.05) is 26.7 Å². The second-order valence-corrected chi connectivity index (χ2v) is 6.73. The Hall–Kier alpha value is -0.120. The maximum absolute atomic E-state index is 9.90. The summed E-state index contributed by atoms with van der Waals surface area (Å²) in [6.07, 6.45) is 7.72. The Balaban J connectivity index is 1.54. The van der Waals surface area contributed by atoms with Crippen molar-refractivity contribution in [3.05, 3.63) is 0 Å². The van der Waals surface area contributed by atoms with E-state index in [1.807, 2.05) is 0 Å². The molecule has 106 valence electrons. The highest BCUT2D eigenvalue weighted by Gasteiger charge is 2.36. The van der Waals surface area contributed by atoms with Crippen molar-refractivity contribution in [2.75, 3.05) is 19.7 Å². The third-order valence-corrected chi connectivity index (χ3v) is 4.57. The first-order valence-corrected chi connectivity index (χ1v) is 7.59. The lowest BCUT2D eigenvalue weighted by Gasteiger charge is -2.29. The SMILES string of the molecule is CC1CCCCC1OCC(O)CNCC1(C)CC1. The molecule has 0 amide bonds. The van der Waals surface area contributed by atoms with Gasteiger partial charge in [0.15, 0.2) is 0 Å². The molecule has 0 spiro atoms. The first-order valence-electron chi connectivity index (χ1n) is 7.59. The van der Waals surface area contributed by atoms with Gasteiger partial charge in [0.1, 0.15) is 0 Å². The zero-order valence-corrected chi connectivity index (χ0v) is 12.0. The summed E-state index contributed by atoms with van der Waals surface area (Å²) in [6, 6.07) is 0. The molecule has 0 aromatic carbocycles. The topological polar surface area (TPSA) is 41.5 Å². The molecule has 2 saturated carbocycles. The fraction of sp³-hybridized carbons (Fsp3) is 1.00. The molecule has 0 bridgehead atoms. The van der Waals surface area contributed by atoms with E-state index in [9.17, 15) is 5.11 Å². The molecule has 2 aliphatic carbocycles. The Morgan fingerprint density at radius 1 is 1.33 bits per heavy atom. The lowest BCUT2D eigenvalue weighted by atomic mass is 9.88. The van der Waals surface area contributed by atoms with E-state index in [4.69, 9.17) is 4.74 Å². The van der Waals surface area contributed by atoms with Gasteiger partial charge in [-0.15, -0.1) is 0 Å². The summed E-state index contributed by atoms with van der Waals surface area (Å²) < 4.78 is 5.87. The fourth-order valence-electron chi connectivity index (χ4n) is 2.75. The Bertz CT molecular complexity index is 253. The fourth-order valence-corrected chi connectivity index (χ4v) is 2.75. The zero-order chi connectivity index (χ0) is 13.0. The minimum atomic E-state index is -0.360. The monoisotopic (exact) mass is 255 g/mol. The van der Waals surface area contributed by atoms with Crippen LogP contribution in [-0.2, 0) is 4.74 Å². The third-order valence-electron chi connectivity index (χ3n) is 4.57. The van der Waals surface area contributed by atoms with Gasteiger partial charge in [-0.05, 0) is 37.0 Å². The number of aliphatic hydroxyl groups is 1. The molecule has 0 aliphatic heterocycles. The Kier molecular flexibility index (Phi) is 5.05.